The Hall–Kier alpha value is -3.19. The monoisotopic (exact) mass is 477 g/mol. The van der Waals surface area contributed by atoms with Crippen molar-refractivity contribution in [2.24, 2.45) is 11.0 Å². The number of likely N-dealkylation sites (tertiary alicyclic amines) is 1. The van der Waals surface area contributed by atoms with Crippen molar-refractivity contribution in [3.63, 3.8) is 0 Å². The van der Waals surface area contributed by atoms with Crippen molar-refractivity contribution < 1.29 is 19.1 Å². The zero-order valence-corrected chi connectivity index (χ0v) is 21.1. The highest BCUT2D eigenvalue weighted by atomic mass is 16.5. The molecule has 7 nitrogen and oxygen atoms in total. The third-order valence-electron chi connectivity index (χ3n) is 6.82. The summed E-state index contributed by atoms with van der Waals surface area (Å²) in [5, 5.41) is 6.49. The van der Waals surface area contributed by atoms with Crippen LogP contribution in [0.3, 0.4) is 0 Å². The molecule has 2 aromatic rings. The number of hydrazone groups is 1. The molecule has 2 aromatic carbocycles. The Morgan fingerprint density at radius 3 is 2.71 bits per heavy atom. The maximum atomic E-state index is 13.6. The highest BCUT2D eigenvalue weighted by Gasteiger charge is 2.35. The van der Waals surface area contributed by atoms with Crippen LogP contribution in [0.15, 0.2) is 47.6 Å². The van der Waals surface area contributed by atoms with Crippen LogP contribution in [-0.2, 0) is 14.3 Å². The summed E-state index contributed by atoms with van der Waals surface area (Å²) < 4.78 is 10.7. The van der Waals surface area contributed by atoms with Gasteiger partial charge in [-0.05, 0) is 63.4 Å². The molecule has 186 valence electrons. The van der Waals surface area contributed by atoms with Gasteiger partial charge in [0.1, 0.15) is 5.75 Å². The second-order valence-corrected chi connectivity index (χ2v) is 9.43. The quantitative estimate of drug-likeness (QED) is 0.557. The van der Waals surface area contributed by atoms with Gasteiger partial charge in [-0.15, -0.1) is 0 Å². The standard InChI is InChI=1S/C28H35N3O4/c1-5-35-28(33)22-9-7-13-30(17-22)18-27(32)31-26(21-8-6-10-23(15-21)34-4)16-25(29-31)24-12-11-19(2)14-20(24)3/h6,8,10-12,14-15,22,26H,5,7,9,13,16-18H2,1-4H3/t22-,26-/m0/s1. The molecule has 4 rings (SSSR count). The third kappa shape index (κ3) is 5.73. The summed E-state index contributed by atoms with van der Waals surface area (Å²) in [5.41, 5.74) is 5.31. The van der Waals surface area contributed by atoms with Gasteiger partial charge in [-0.3, -0.25) is 14.5 Å². The first-order valence-electron chi connectivity index (χ1n) is 12.4. The fraction of sp³-hybridized carbons (Fsp3) is 0.464. The number of hydrogen-bond acceptors (Lipinski definition) is 6. The Morgan fingerprint density at radius 1 is 1.14 bits per heavy atom. The summed E-state index contributed by atoms with van der Waals surface area (Å²) in [6.07, 6.45) is 2.30. The van der Waals surface area contributed by atoms with E-state index in [1.807, 2.05) is 31.2 Å². The molecule has 35 heavy (non-hydrogen) atoms. The maximum Gasteiger partial charge on any atom is 0.310 e. The summed E-state index contributed by atoms with van der Waals surface area (Å²) in [6.45, 7) is 7.89. The number of hydrogen-bond donors (Lipinski definition) is 0. The summed E-state index contributed by atoms with van der Waals surface area (Å²) in [5.74, 6) is 0.332. The minimum Gasteiger partial charge on any atom is -0.497 e. The molecule has 2 atom stereocenters. The molecule has 2 heterocycles. The number of nitrogens with zero attached hydrogens (tertiary/aromatic N) is 3. The lowest BCUT2D eigenvalue weighted by Gasteiger charge is -2.32. The molecule has 2 aliphatic heterocycles. The van der Waals surface area contributed by atoms with E-state index in [0.29, 0.717) is 19.6 Å². The fourth-order valence-electron chi connectivity index (χ4n) is 5.06. The van der Waals surface area contributed by atoms with Gasteiger partial charge in [0.25, 0.3) is 5.91 Å². The molecule has 0 radical (unpaired) electrons. The summed E-state index contributed by atoms with van der Waals surface area (Å²) in [7, 11) is 1.64. The minimum atomic E-state index is -0.209. The Labute approximate surface area is 207 Å². The topological polar surface area (TPSA) is 71.4 Å². The predicted molar refractivity (Wildman–Crippen MR) is 135 cm³/mol. The Kier molecular flexibility index (Phi) is 7.86. The van der Waals surface area contributed by atoms with Crippen LogP contribution < -0.4 is 4.74 Å². The molecule has 0 N–H and O–H groups in total. The molecule has 0 spiro atoms. The molecule has 0 unspecified atom stereocenters. The van der Waals surface area contributed by atoms with E-state index in [2.05, 4.69) is 36.9 Å². The maximum absolute atomic E-state index is 13.6. The van der Waals surface area contributed by atoms with E-state index in [1.165, 1.54) is 5.56 Å². The first-order valence-corrected chi connectivity index (χ1v) is 12.4. The van der Waals surface area contributed by atoms with E-state index in [-0.39, 0.29) is 30.4 Å². The van der Waals surface area contributed by atoms with Crippen LogP contribution in [-0.4, -0.2) is 60.8 Å². The lowest BCUT2D eigenvalue weighted by molar-refractivity contribution is -0.150. The highest BCUT2D eigenvalue weighted by molar-refractivity contribution is 6.04. The number of aryl methyl sites for hydroxylation is 2. The fourth-order valence-corrected chi connectivity index (χ4v) is 5.06. The zero-order valence-electron chi connectivity index (χ0n) is 21.1. The lowest BCUT2D eigenvalue weighted by atomic mass is 9.95. The molecule has 2 aliphatic rings. The molecule has 0 aromatic heterocycles. The van der Waals surface area contributed by atoms with Crippen LogP contribution in [0, 0.1) is 19.8 Å². The molecular weight excluding hydrogens is 442 g/mol. The van der Waals surface area contributed by atoms with Gasteiger partial charge in [0.05, 0.1) is 37.9 Å². The largest absolute Gasteiger partial charge is 0.497 e. The Balaban J connectivity index is 1.58. The molecule has 0 aliphatic carbocycles. The normalized spacial score (nSPS) is 20.5. The van der Waals surface area contributed by atoms with Crippen molar-refractivity contribution in [1.82, 2.24) is 9.91 Å². The van der Waals surface area contributed by atoms with Gasteiger partial charge in [-0.1, -0.05) is 35.9 Å². The molecule has 1 saturated heterocycles. The van der Waals surface area contributed by atoms with E-state index in [4.69, 9.17) is 14.6 Å². The van der Waals surface area contributed by atoms with Crippen molar-refractivity contribution in [1.29, 1.82) is 0 Å². The third-order valence-corrected chi connectivity index (χ3v) is 6.82. The summed E-state index contributed by atoms with van der Waals surface area (Å²) in [4.78, 5) is 27.9. The number of amides is 1. The number of carbonyl (C=O) groups is 2. The number of methoxy groups -OCH3 is 1. The van der Waals surface area contributed by atoms with Gasteiger partial charge in [0.15, 0.2) is 0 Å². The number of carbonyl (C=O) groups excluding carboxylic acids is 2. The Bertz CT molecular complexity index is 1110. The van der Waals surface area contributed by atoms with E-state index >= 15 is 0 Å². The lowest BCUT2D eigenvalue weighted by Crippen LogP contribution is -2.44. The predicted octanol–water partition coefficient (Wildman–Crippen LogP) is 4.26. The van der Waals surface area contributed by atoms with Gasteiger partial charge in [-0.2, -0.15) is 5.10 Å². The molecule has 7 heteroatoms. The van der Waals surface area contributed by atoms with Crippen molar-refractivity contribution in [3.8, 4) is 5.75 Å². The van der Waals surface area contributed by atoms with Gasteiger partial charge in [-0.25, -0.2) is 5.01 Å². The van der Waals surface area contributed by atoms with Crippen LogP contribution >= 0.6 is 0 Å². The minimum absolute atomic E-state index is 0.0675. The second kappa shape index (κ2) is 11.0. The summed E-state index contributed by atoms with van der Waals surface area (Å²) in [6, 6.07) is 14.0. The van der Waals surface area contributed by atoms with E-state index < -0.39 is 0 Å². The van der Waals surface area contributed by atoms with Gasteiger partial charge < -0.3 is 9.47 Å². The molecule has 0 bridgehead atoms. The van der Waals surface area contributed by atoms with Crippen molar-refractivity contribution >= 4 is 17.6 Å². The van der Waals surface area contributed by atoms with Crippen molar-refractivity contribution in [2.45, 2.75) is 46.1 Å². The van der Waals surface area contributed by atoms with Crippen LogP contribution in [0.25, 0.3) is 0 Å². The average Bonchev–Trinajstić information content (AvgIpc) is 3.30. The molecular formula is C28H35N3O4. The Morgan fingerprint density at radius 2 is 1.97 bits per heavy atom. The zero-order chi connectivity index (χ0) is 24.9. The number of piperidine rings is 1. The van der Waals surface area contributed by atoms with Gasteiger partial charge >= 0.3 is 5.97 Å². The van der Waals surface area contributed by atoms with Crippen molar-refractivity contribution in [3.05, 3.63) is 64.7 Å². The number of esters is 1. The summed E-state index contributed by atoms with van der Waals surface area (Å²) >= 11 is 0. The average molecular weight is 478 g/mol. The smallest absolute Gasteiger partial charge is 0.310 e. The molecule has 1 fully saturated rings. The number of ether oxygens (including phenoxy) is 2. The second-order valence-electron chi connectivity index (χ2n) is 9.43. The molecule has 0 saturated carbocycles. The van der Waals surface area contributed by atoms with Crippen LogP contribution in [0.2, 0.25) is 0 Å². The molecule has 1 amide bonds. The van der Waals surface area contributed by atoms with Gasteiger partial charge in [0.2, 0.25) is 0 Å². The number of rotatable bonds is 7. The van der Waals surface area contributed by atoms with Crippen LogP contribution in [0.5, 0.6) is 5.75 Å². The van der Waals surface area contributed by atoms with Crippen molar-refractivity contribution in [2.75, 3.05) is 33.4 Å². The first kappa shape index (κ1) is 24.9. The van der Waals surface area contributed by atoms with Crippen LogP contribution in [0.4, 0.5) is 0 Å². The van der Waals surface area contributed by atoms with Crippen LogP contribution in [0.1, 0.15) is 54.5 Å². The van der Waals surface area contributed by atoms with E-state index in [9.17, 15) is 9.59 Å². The van der Waals surface area contributed by atoms with E-state index in [1.54, 1.807) is 12.1 Å². The van der Waals surface area contributed by atoms with E-state index in [0.717, 1.165) is 47.5 Å². The first-order chi connectivity index (χ1) is 16.9. The highest BCUT2D eigenvalue weighted by Crippen LogP contribution is 2.35. The van der Waals surface area contributed by atoms with Gasteiger partial charge in [0, 0.05) is 18.5 Å². The SMILES string of the molecule is CCOC(=O)[C@H]1CCCN(CC(=O)N2N=C(c3ccc(C)cc3C)C[C@H]2c2cccc(OC)c2)C1. The number of benzene rings is 2.